The number of rotatable bonds is 3. The van der Waals surface area contributed by atoms with Gasteiger partial charge in [-0.05, 0) is 14.0 Å². The molecule has 2 heterocycles. The number of thiazole rings is 1. The lowest BCUT2D eigenvalue weighted by Gasteiger charge is -2.23. The average Bonchev–Trinajstić information content (AvgIpc) is 2.75. The zero-order chi connectivity index (χ0) is 10.8. The predicted molar refractivity (Wildman–Crippen MR) is 57.8 cm³/mol. The predicted octanol–water partition coefficient (Wildman–Crippen LogP) is 1.62. The van der Waals surface area contributed by atoms with E-state index < -0.39 is 6.17 Å². The van der Waals surface area contributed by atoms with Crippen LogP contribution in [0.3, 0.4) is 0 Å². The molecule has 1 aromatic heterocycles. The summed E-state index contributed by atoms with van der Waals surface area (Å²) < 4.78 is 18.5. The molecule has 1 aromatic rings. The first-order chi connectivity index (χ1) is 7.16. The highest BCUT2D eigenvalue weighted by molar-refractivity contribution is 7.09. The second-order valence-electron chi connectivity index (χ2n) is 3.89. The zero-order valence-corrected chi connectivity index (χ0v) is 9.76. The lowest BCUT2D eigenvalue weighted by Crippen LogP contribution is -2.38. The van der Waals surface area contributed by atoms with Gasteiger partial charge in [0.15, 0.2) is 0 Å². The van der Waals surface area contributed by atoms with Crippen molar-refractivity contribution in [1.82, 2.24) is 9.88 Å². The fraction of sp³-hybridized carbons (Fsp3) is 0.700. The molecule has 0 bridgehead atoms. The molecule has 2 rings (SSSR count). The monoisotopic (exact) mass is 230 g/mol. The molecule has 0 aliphatic carbocycles. The Morgan fingerprint density at radius 2 is 2.47 bits per heavy atom. The number of hydrogen-bond acceptors (Lipinski definition) is 4. The third-order valence-electron chi connectivity index (χ3n) is 2.63. The third kappa shape index (κ3) is 2.53. The first kappa shape index (κ1) is 11.0. The molecule has 0 amide bonds. The van der Waals surface area contributed by atoms with Crippen molar-refractivity contribution in [1.29, 1.82) is 0 Å². The minimum atomic E-state index is -0.866. The van der Waals surface area contributed by atoms with E-state index in [-0.39, 0.29) is 12.6 Å². The van der Waals surface area contributed by atoms with Gasteiger partial charge in [0.2, 0.25) is 0 Å². The fourth-order valence-electron chi connectivity index (χ4n) is 1.77. The van der Waals surface area contributed by atoms with Crippen LogP contribution in [0, 0.1) is 6.92 Å². The number of ether oxygens (including phenoxy) is 1. The van der Waals surface area contributed by atoms with E-state index in [2.05, 4.69) is 4.98 Å². The van der Waals surface area contributed by atoms with Crippen LogP contribution >= 0.6 is 11.3 Å². The van der Waals surface area contributed by atoms with E-state index in [1.807, 2.05) is 24.3 Å². The number of halogens is 1. The molecular weight excluding hydrogens is 215 g/mol. The maximum Gasteiger partial charge on any atom is 0.141 e. The van der Waals surface area contributed by atoms with E-state index in [0.29, 0.717) is 13.2 Å². The molecule has 0 N–H and O–H groups in total. The van der Waals surface area contributed by atoms with Crippen LogP contribution in [0.2, 0.25) is 0 Å². The molecule has 1 fully saturated rings. The first-order valence-corrected chi connectivity index (χ1v) is 5.88. The van der Waals surface area contributed by atoms with Crippen molar-refractivity contribution in [2.75, 3.05) is 20.3 Å². The van der Waals surface area contributed by atoms with E-state index in [4.69, 9.17) is 4.74 Å². The van der Waals surface area contributed by atoms with Gasteiger partial charge >= 0.3 is 0 Å². The van der Waals surface area contributed by atoms with Crippen molar-refractivity contribution >= 4 is 11.3 Å². The number of nitrogens with zero attached hydrogens (tertiary/aromatic N) is 2. The van der Waals surface area contributed by atoms with Crippen LogP contribution in [0.4, 0.5) is 4.39 Å². The van der Waals surface area contributed by atoms with Crippen molar-refractivity contribution in [3.63, 3.8) is 0 Å². The lowest BCUT2D eigenvalue weighted by molar-refractivity contribution is 0.153. The minimum Gasteiger partial charge on any atom is -0.377 e. The quantitative estimate of drug-likeness (QED) is 0.789. The van der Waals surface area contributed by atoms with E-state index in [0.717, 1.165) is 10.7 Å². The number of likely N-dealkylation sites (N-methyl/N-ethyl adjacent to an activating group) is 1. The second kappa shape index (κ2) is 4.55. The van der Waals surface area contributed by atoms with Gasteiger partial charge in [0.1, 0.15) is 6.17 Å². The van der Waals surface area contributed by atoms with Gasteiger partial charge in [0, 0.05) is 11.9 Å². The highest BCUT2D eigenvalue weighted by Crippen LogP contribution is 2.18. The number of hydrogen-bond donors (Lipinski definition) is 0. The van der Waals surface area contributed by atoms with Crippen molar-refractivity contribution in [2.24, 2.45) is 0 Å². The summed E-state index contributed by atoms with van der Waals surface area (Å²) in [4.78, 5) is 6.34. The van der Waals surface area contributed by atoms with Gasteiger partial charge in [0.25, 0.3) is 0 Å². The summed E-state index contributed by atoms with van der Waals surface area (Å²) in [5.41, 5.74) is 1.01. The van der Waals surface area contributed by atoms with Crippen molar-refractivity contribution in [2.45, 2.75) is 25.7 Å². The van der Waals surface area contributed by atoms with Gasteiger partial charge in [-0.3, -0.25) is 4.90 Å². The van der Waals surface area contributed by atoms with Crippen LogP contribution in [0.25, 0.3) is 0 Å². The Hall–Kier alpha value is -0.520. The maximum atomic E-state index is 13.4. The molecule has 0 radical (unpaired) electrons. The van der Waals surface area contributed by atoms with Gasteiger partial charge < -0.3 is 4.74 Å². The summed E-state index contributed by atoms with van der Waals surface area (Å²) in [7, 11) is 1.92. The Kier molecular flexibility index (Phi) is 3.33. The van der Waals surface area contributed by atoms with Crippen LogP contribution in [0.1, 0.15) is 10.7 Å². The molecule has 15 heavy (non-hydrogen) atoms. The largest absolute Gasteiger partial charge is 0.377 e. The molecule has 0 saturated carbocycles. The summed E-state index contributed by atoms with van der Waals surface area (Å²) in [5, 5.41) is 3.08. The van der Waals surface area contributed by atoms with Crippen LogP contribution < -0.4 is 0 Å². The molecule has 5 heteroatoms. The zero-order valence-electron chi connectivity index (χ0n) is 8.94. The molecule has 1 aliphatic rings. The van der Waals surface area contributed by atoms with Crippen molar-refractivity contribution < 1.29 is 9.13 Å². The molecular formula is C10H15FN2OS. The highest BCUT2D eigenvalue weighted by Gasteiger charge is 2.31. The molecule has 2 atom stereocenters. The summed E-state index contributed by atoms with van der Waals surface area (Å²) in [6, 6.07) is -0.119. The Labute approximate surface area is 92.9 Å². The van der Waals surface area contributed by atoms with Gasteiger partial charge in [-0.2, -0.15) is 0 Å². The summed E-state index contributed by atoms with van der Waals surface area (Å²) in [6.07, 6.45) is -0.866. The average molecular weight is 230 g/mol. The van der Waals surface area contributed by atoms with E-state index in [1.54, 1.807) is 11.3 Å². The Bertz CT molecular complexity index is 331. The molecule has 0 spiro atoms. The molecule has 1 saturated heterocycles. The Balaban J connectivity index is 1.94. The van der Waals surface area contributed by atoms with Crippen LogP contribution in [0.15, 0.2) is 5.38 Å². The Morgan fingerprint density at radius 3 is 3.00 bits per heavy atom. The van der Waals surface area contributed by atoms with Crippen LogP contribution in [-0.2, 0) is 11.3 Å². The number of alkyl halides is 1. The lowest BCUT2D eigenvalue weighted by atomic mass is 10.2. The van der Waals surface area contributed by atoms with E-state index in [1.165, 1.54) is 0 Å². The number of aryl methyl sites for hydroxylation is 1. The first-order valence-electron chi connectivity index (χ1n) is 5.00. The van der Waals surface area contributed by atoms with E-state index in [9.17, 15) is 4.39 Å². The summed E-state index contributed by atoms with van der Waals surface area (Å²) >= 11 is 1.63. The third-order valence-corrected chi connectivity index (χ3v) is 3.45. The topological polar surface area (TPSA) is 25.4 Å². The Morgan fingerprint density at radius 1 is 1.67 bits per heavy atom. The van der Waals surface area contributed by atoms with E-state index >= 15 is 0 Å². The smallest absolute Gasteiger partial charge is 0.141 e. The summed E-state index contributed by atoms with van der Waals surface area (Å²) in [5.74, 6) is 0. The highest BCUT2D eigenvalue weighted by atomic mass is 32.1. The van der Waals surface area contributed by atoms with Gasteiger partial charge in [0.05, 0.1) is 30.0 Å². The summed E-state index contributed by atoms with van der Waals surface area (Å²) in [6.45, 7) is 3.38. The molecule has 3 nitrogen and oxygen atoms in total. The molecule has 1 aliphatic heterocycles. The van der Waals surface area contributed by atoms with Gasteiger partial charge in [-0.25, -0.2) is 9.37 Å². The van der Waals surface area contributed by atoms with Crippen molar-refractivity contribution in [3.05, 3.63) is 16.1 Å². The SMILES string of the molecule is Cc1nc(CN(C)[C@@H]2COC[C@H]2F)cs1. The second-order valence-corrected chi connectivity index (χ2v) is 4.96. The minimum absolute atomic E-state index is 0.119. The van der Waals surface area contributed by atoms with Gasteiger partial charge in [-0.1, -0.05) is 0 Å². The normalized spacial score (nSPS) is 26.4. The van der Waals surface area contributed by atoms with Crippen LogP contribution in [-0.4, -0.2) is 42.4 Å². The maximum absolute atomic E-state index is 13.4. The number of aromatic nitrogens is 1. The van der Waals surface area contributed by atoms with Crippen molar-refractivity contribution in [3.8, 4) is 0 Å². The fourth-order valence-corrected chi connectivity index (χ4v) is 2.38. The molecule has 84 valence electrons. The standard InChI is InChI=1S/C10H15FN2OS/c1-7-12-8(6-15-7)3-13(2)10-5-14-4-9(10)11/h6,9-10H,3-5H2,1-2H3/t9-,10-/m1/s1. The van der Waals surface area contributed by atoms with Gasteiger partial charge in [-0.15, -0.1) is 11.3 Å². The molecule has 0 aromatic carbocycles. The molecule has 0 unspecified atom stereocenters. The van der Waals surface area contributed by atoms with Crippen LogP contribution in [0.5, 0.6) is 0 Å².